The second kappa shape index (κ2) is 10.5. The van der Waals surface area contributed by atoms with Gasteiger partial charge in [0, 0.05) is 17.5 Å². The number of ether oxygens (including phenoxy) is 2. The van der Waals surface area contributed by atoms with Crippen LogP contribution >= 0.6 is 0 Å². The van der Waals surface area contributed by atoms with Crippen molar-refractivity contribution in [1.29, 1.82) is 0 Å². The number of benzene rings is 2. The minimum Gasteiger partial charge on any atom is -0.482 e. The van der Waals surface area contributed by atoms with Crippen LogP contribution < -0.4 is 15.6 Å². The van der Waals surface area contributed by atoms with Gasteiger partial charge in [-0.2, -0.15) is 0 Å². The van der Waals surface area contributed by atoms with E-state index < -0.39 is 31.0 Å². The lowest BCUT2D eigenvalue weighted by Crippen LogP contribution is -2.43. The molecule has 0 atom stereocenters. The van der Waals surface area contributed by atoms with Crippen LogP contribution in [0.1, 0.15) is 34.1 Å². The zero-order valence-electron chi connectivity index (χ0n) is 15.3. The summed E-state index contributed by atoms with van der Waals surface area (Å²) in [6.07, 6.45) is 0.403. The van der Waals surface area contributed by atoms with Crippen molar-refractivity contribution < 1.29 is 28.7 Å². The van der Waals surface area contributed by atoms with Crippen LogP contribution in [0.3, 0.4) is 0 Å². The molecule has 28 heavy (non-hydrogen) atoms. The number of ketones is 1. The maximum atomic E-state index is 11.8. The highest BCUT2D eigenvalue weighted by molar-refractivity contribution is 5.96. The molecule has 8 heteroatoms. The molecule has 0 unspecified atom stereocenters. The van der Waals surface area contributed by atoms with Crippen LogP contribution in [0.2, 0.25) is 0 Å². The van der Waals surface area contributed by atoms with Crippen molar-refractivity contribution in [2.75, 3.05) is 13.2 Å². The highest BCUT2D eigenvalue weighted by atomic mass is 16.6. The Kier molecular flexibility index (Phi) is 7.71. The molecule has 0 spiro atoms. The predicted octanol–water partition coefficient (Wildman–Crippen LogP) is 1.66. The minimum atomic E-state index is -0.752. The lowest BCUT2D eigenvalue weighted by Gasteiger charge is -2.09. The molecule has 0 aliphatic rings. The van der Waals surface area contributed by atoms with Crippen molar-refractivity contribution in [3.8, 4) is 5.75 Å². The zero-order valence-corrected chi connectivity index (χ0v) is 15.3. The largest absolute Gasteiger partial charge is 0.482 e. The van der Waals surface area contributed by atoms with E-state index in [0.29, 0.717) is 23.3 Å². The summed E-state index contributed by atoms with van der Waals surface area (Å²) < 4.78 is 10.00. The van der Waals surface area contributed by atoms with Crippen molar-refractivity contribution in [3.63, 3.8) is 0 Å². The van der Waals surface area contributed by atoms with Gasteiger partial charge in [0.25, 0.3) is 11.8 Å². The smallest absolute Gasteiger partial charge is 0.344 e. The first-order valence-electron chi connectivity index (χ1n) is 8.55. The molecule has 2 amide bonds. The predicted molar refractivity (Wildman–Crippen MR) is 99.6 cm³/mol. The minimum absolute atomic E-state index is 0.0105. The Hall–Kier alpha value is -3.68. The maximum absolute atomic E-state index is 11.8. The Morgan fingerprint density at radius 2 is 1.50 bits per heavy atom. The van der Waals surface area contributed by atoms with Crippen LogP contribution in [0.25, 0.3) is 0 Å². The van der Waals surface area contributed by atoms with Crippen LogP contribution in [0.4, 0.5) is 0 Å². The molecule has 146 valence electrons. The lowest BCUT2D eigenvalue weighted by atomic mass is 10.1. The third kappa shape index (κ3) is 6.56. The first-order valence-corrected chi connectivity index (χ1v) is 8.55. The molecular formula is C20H20N2O6. The van der Waals surface area contributed by atoms with Crippen molar-refractivity contribution in [2.24, 2.45) is 0 Å². The van der Waals surface area contributed by atoms with Crippen LogP contribution in [0, 0.1) is 0 Å². The van der Waals surface area contributed by atoms with Gasteiger partial charge in [-0.25, -0.2) is 4.79 Å². The number of carbonyl (C=O) groups is 4. The molecule has 0 radical (unpaired) electrons. The fourth-order valence-electron chi connectivity index (χ4n) is 2.10. The van der Waals surface area contributed by atoms with E-state index in [0.717, 1.165) is 0 Å². The van der Waals surface area contributed by atoms with Gasteiger partial charge < -0.3 is 9.47 Å². The van der Waals surface area contributed by atoms with Gasteiger partial charge in [-0.3, -0.25) is 25.2 Å². The van der Waals surface area contributed by atoms with Crippen molar-refractivity contribution >= 4 is 23.6 Å². The van der Waals surface area contributed by atoms with E-state index in [1.807, 2.05) is 0 Å². The summed E-state index contributed by atoms with van der Waals surface area (Å²) in [6.45, 7) is 0.803. The van der Waals surface area contributed by atoms with E-state index in [2.05, 4.69) is 10.9 Å². The summed E-state index contributed by atoms with van der Waals surface area (Å²) in [6, 6.07) is 14.7. The van der Waals surface area contributed by atoms with Crippen LogP contribution in [0.15, 0.2) is 54.6 Å². The summed E-state index contributed by atoms with van der Waals surface area (Å²) in [5, 5.41) is 0. The number of carbonyl (C=O) groups excluding carboxylic acids is 4. The second-order valence-corrected chi connectivity index (χ2v) is 5.62. The van der Waals surface area contributed by atoms with E-state index in [1.54, 1.807) is 61.5 Å². The Morgan fingerprint density at radius 1 is 0.821 bits per heavy atom. The lowest BCUT2D eigenvalue weighted by molar-refractivity contribution is -0.150. The molecule has 2 aromatic rings. The van der Waals surface area contributed by atoms with E-state index in [1.165, 1.54) is 0 Å². The highest BCUT2D eigenvalue weighted by Crippen LogP contribution is 2.13. The summed E-state index contributed by atoms with van der Waals surface area (Å²) in [5.41, 5.74) is 5.29. The Balaban J connectivity index is 1.67. The molecule has 0 fully saturated rings. The Labute approximate surface area is 161 Å². The molecule has 2 rings (SSSR count). The van der Waals surface area contributed by atoms with Crippen molar-refractivity contribution in [1.82, 2.24) is 10.9 Å². The van der Waals surface area contributed by atoms with Gasteiger partial charge in [-0.05, 0) is 36.4 Å². The molecule has 0 aromatic heterocycles. The Bertz CT molecular complexity index is 834. The summed E-state index contributed by atoms with van der Waals surface area (Å²) >= 11 is 0. The molecule has 0 heterocycles. The van der Waals surface area contributed by atoms with Crippen LogP contribution in [-0.2, 0) is 14.3 Å². The quantitative estimate of drug-likeness (QED) is 0.407. The molecule has 0 bridgehead atoms. The van der Waals surface area contributed by atoms with Gasteiger partial charge in [0.05, 0.1) is 0 Å². The maximum Gasteiger partial charge on any atom is 0.344 e. The van der Waals surface area contributed by atoms with E-state index in [9.17, 15) is 19.2 Å². The van der Waals surface area contributed by atoms with Gasteiger partial charge in [-0.15, -0.1) is 0 Å². The van der Waals surface area contributed by atoms with E-state index in [4.69, 9.17) is 9.47 Å². The SMILES string of the molecule is CCC(=O)c1ccc(OCC(=O)OCC(=O)NNC(=O)c2ccccc2)cc1. The third-order valence-corrected chi connectivity index (χ3v) is 3.57. The standard InChI is InChI=1S/C20H20N2O6/c1-2-17(23)14-8-10-16(11-9-14)27-13-19(25)28-12-18(24)21-22-20(26)15-6-4-3-5-7-15/h3-11H,2,12-13H2,1H3,(H,21,24)(H,22,26). The number of esters is 1. The Morgan fingerprint density at radius 3 is 2.14 bits per heavy atom. The van der Waals surface area contributed by atoms with Crippen molar-refractivity contribution in [2.45, 2.75) is 13.3 Å². The summed E-state index contributed by atoms with van der Waals surface area (Å²) in [5.74, 6) is -1.53. The van der Waals surface area contributed by atoms with E-state index >= 15 is 0 Å². The van der Waals surface area contributed by atoms with Gasteiger partial charge in [0.15, 0.2) is 19.0 Å². The van der Waals surface area contributed by atoms with Crippen molar-refractivity contribution in [3.05, 3.63) is 65.7 Å². The van der Waals surface area contributed by atoms with E-state index in [-0.39, 0.29) is 5.78 Å². The van der Waals surface area contributed by atoms with Gasteiger partial charge in [-0.1, -0.05) is 25.1 Å². The first-order chi connectivity index (χ1) is 13.5. The molecule has 0 aliphatic heterocycles. The molecule has 2 N–H and O–H groups in total. The number of hydrazine groups is 1. The number of hydrogen-bond acceptors (Lipinski definition) is 6. The van der Waals surface area contributed by atoms with Gasteiger partial charge >= 0.3 is 5.97 Å². The van der Waals surface area contributed by atoms with Gasteiger partial charge in [0.2, 0.25) is 0 Å². The average molecular weight is 384 g/mol. The van der Waals surface area contributed by atoms with Crippen LogP contribution in [-0.4, -0.2) is 36.8 Å². The third-order valence-electron chi connectivity index (χ3n) is 3.57. The second-order valence-electron chi connectivity index (χ2n) is 5.62. The number of nitrogens with one attached hydrogen (secondary N) is 2. The fraction of sp³-hybridized carbons (Fsp3) is 0.200. The molecule has 2 aromatic carbocycles. The normalized spacial score (nSPS) is 9.89. The number of amides is 2. The number of rotatable bonds is 8. The highest BCUT2D eigenvalue weighted by Gasteiger charge is 2.11. The van der Waals surface area contributed by atoms with Crippen LogP contribution in [0.5, 0.6) is 5.75 Å². The molecular weight excluding hydrogens is 364 g/mol. The monoisotopic (exact) mass is 384 g/mol. The topological polar surface area (TPSA) is 111 Å². The molecule has 0 saturated carbocycles. The van der Waals surface area contributed by atoms with Gasteiger partial charge in [0.1, 0.15) is 5.75 Å². The number of hydrogen-bond donors (Lipinski definition) is 2. The molecule has 0 aliphatic carbocycles. The fourth-order valence-corrected chi connectivity index (χ4v) is 2.10. The number of Topliss-reactive ketones (excluding diaryl/α,β-unsaturated/α-hetero) is 1. The average Bonchev–Trinajstić information content (AvgIpc) is 2.74. The zero-order chi connectivity index (χ0) is 20.4. The molecule has 0 saturated heterocycles. The molecule has 8 nitrogen and oxygen atoms in total. The summed E-state index contributed by atoms with van der Waals surface area (Å²) in [7, 11) is 0. The summed E-state index contributed by atoms with van der Waals surface area (Å²) in [4.78, 5) is 46.5. The first kappa shape index (κ1) is 20.6.